The molecular formula is C20H20FN3O3S. The first-order chi connectivity index (χ1) is 13.4. The lowest BCUT2D eigenvalue weighted by atomic mass is 10.1. The van der Waals surface area contributed by atoms with E-state index in [0.29, 0.717) is 31.7 Å². The second-order valence-corrected chi connectivity index (χ2v) is 8.74. The minimum atomic E-state index is -3.65. The summed E-state index contributed by atoms with van der Waals surface area (Å²) in [6, 6.07) is 12.5. The van der Waals surface area contributed by atoms with Crippen molar-refractivity contribution in [2.24, 2.45) is 0 Å². The van der Waals surface area contributed by atoms with Gasteiger partial charge in [-0.05, 0) is 30.3 Å². The zero-order valence-electron chi connectivity index (χ0n) is 15.1. The third kappa shape index (κ3) is 3.58. The van der Waals surface area contributed by atoms with Crippen LogP contribution in [0.3, 0.4) is 0 Å². The lowest BCUT2D eigenvalue weighted by molar-refractivity contribution is 0.0903. The number of piperazine rings is 1. The van der Waals surface area contributed by atoms with Crippen molar-refractivity contribution in [1.29, 1.82) is 0 Å². The molecule has 0 aliphatic carbocycles. The Kier molecular flexibility index (Phi) is 5.01. The van der Waals surface area contributed by atoms with E-state index in [2.05, 4.69) is 4.98 Å². The quantitative estimate of drug-likeness (QED) is 0.667. The molecule has 8 heteroatoms. The molecule has 1 saturated heterocycles. The maximum atomic E-state index is 13.1. The van der Waals surface area contributed by atoms with Gasteiger partial charge >= 0.3 is 0 Å². The highest BCUT2D eigenvalue weighted by atomic mass is 32.2. The predicted molar refractivity (Wildman–Crippen MR) is 104 cm³/mol. The smallest absolute Gasteiger partial charge is 0.243 e. The first kappa shape index (κ1) is 18.8. The summed E-state index contributed by atoms with van der Waals surface area (Å²) in [4.78, 5) is 17.8. The molecule has 0 radical (unpaired) electrons. The van der Waals surface area contributed by atoms with E-state index >= 15 is 0 Å². The van der Waals surface area contributed by atoms with Gasteiger partial charge in [0.25, 0.3) is 0 Å². The summed E-state index contributed by atoms with van der Waals surface area (Å²) in [5.41, 5.74) is 1.57. The van der Waals surface area contributed by atoms with Crippen molar-refractivity contribution in [3.63, 3.8) is 0 Å². The molecule has 1 aliphatic heterocycles. The van der Waals surface area contributed by atoms with E-state index in [1.807, 2.05) is 29.2 Å². The van der Waals surface area contributed by atoms with E-state index in [4.69, 9.17) is 0 Å². The van der Waals surface area contributed by atoms with Gasteiger partial charge in [-0.15, -0.1) is 0 Å². The lowest BCUT2D eigenvalue weighted by Crippen LogP contribution is -2.49. The fraction of sp³-hybridized carbons (Fsp3) is 0.250. The van der Waals surface area contributed by atoms with Crippen molar-refractivity contribution in [3.05, 3.63) is 66.1 Å². The second-order valence-electron chi connectivity index (χ2n) is 6.81. The molecule has 6 nitrogen and oxygen atoms in total. The van der Waals surface area contributed by atoms with Gasteiger partial charge in [0.05, 0.1) is 11.4 Å². The third-order valence-corrected chi connectivity index (χ3v) is 6.95. The number of Topliss-reactive ketones (excluding diaryl/α,β-unsaturated/α-hetero) is 1. The minimum absolute atomic E-state index is 0.00675. The fourth-order valence-electron chi connectivity index (χ4n) is 3.47. The molecule has 28 heavy (non-hydrogen) atoms. The fourth-order valence-corrected chi connectivity index (χ4v) is 4.90. The molecule has 2 heterocycles. The number of H-pyrrole nitrogens is 1. The number of nitrogens with one attached hydrogen (secondary N) is 1. The van der Waals surface area contributed by atoms with Crippen LogP contribution in [-0.4, -0.2) is 61.1 Å². The minimum Gasteiger partial charge on any atom is -0.360 e. The van der Waals surface area contributed by atoms with Gasteiger partial charge in [0, 0.05) is 48.8 Å². The summed E-state index contributed by atoms with van der Waals surface area (Å²) in [5.74, 6) is -0.466. The van der Waals surface area contributed by atoms with E-state index in [1.165, 1.54) is 16.4 Å². The molecule has 0 amide bonds. The maximum absolute atomic E-state index is 13.1. The maximum Gasteiger partial charge on any atom is 0.243 e. The van der Waals surface area contributed by atoms with Crippen LogP contribution in [0, 0.1) is 5.82 Å². The number of carbonyl (C=O) groups excluding carboxylic acids is 1. The van der Waals surface area contributed by atoms with Crippen LogP contribution < -0.4 is 0 Å². The Morgan fingerprint density at radius 1 is 1.00 bits per heavy atom. The highest BCUT2D eigenvalue weighted by molar-refractivity contribution is 7.89. The summed E-state index contributed by atoms with van der Waals surface area (Å²) in [6.07, 6.45) is 1.72. The van der Waals surface area contributed by atoms with Crippen molar-refractivity contribution in [3.8, 4) is 0 Å². The number of halogens is 1. The summed E-state index contributed by atoms with van der Waals surface area (Å²) < 4.78 is 39.8. The van der Waals surface area contributed by atoms with Crippen molar-refractivity contribution in [1.82, 2.24) is 14.2 Å². The Morgan fingerprint density at radius 2 is 1.68 bits per heavy atom. The molecule has 146 valence electrons. The molecule has 1 aromatic heterocycles. The molecule has 0 spiro atoms. The molecule has 0 bridgehead atoms. The van der Waals surface area contributed by atoms with Crippen LogP contribution in [0.4, 0.5) is 4.39 Å². The number of fused-ring (bicyclic) bond motifs is 1. The SMILES string of the molecule is O=C(CN1CCN(S(=O)(=O)c2ccc(F)cc2)CC1)c1c[nH]c2ccccc12. The second kappa shape index (κ2) is 7.46. The molecule has 0 saturated carbocycles. The molecule has 0 unspecified atom stereocenters. The number of ketones is 1. The molecule has 4 rings (SSSR count). The number of aromatic nitrogens is 1. The van der Waals surface area contributed by atoms with Crippen LogP contribution in [0.15, 0.2) is 59.6 Å². The molecule has 3 aromatic rings. The summed E-state index contributed by atoms with van der Waals surface area (Å²) in [7, 11) is -3.65. The van der Waals surface area contributed by atoms with Crippen LogP contribution in [0.1, 0.15) is 10.4 Å². The number of hydrogen-bond acceptors (Lipinski definition) is 4. The highest BCUT2D eigenvalue weighted by Crippen LogP contribution is 2.20. The van der Waals surface area contributed by atoms with Gasteiger partial charge in [-0.3, -0.25) is 9.69 Å². The van der Waals surface area contributed by atoms with Crippen molar-refractivity contribution in [2.45, 2.75) is 4.90 Å². The van der Waals surface area contributed by atoms with E-state index < -0.39 is 15.8 Å². The molecule has 1 fully saturated rings. The number of hydrogen-bond donors (Lipinski definition) is 1. The van der Waals surface area contributed by atoms with Crippen molar-refractivity contribution >= 4 is 26.7 Å². The zero-order chi connectivity index (χ0) is 19.7. The number of sulfonamides is 1. The van der Waals surface area contributed by atoms with Gasteiger partial charge in [-0.1, -0.05) is 18.2 Å². The number of nitrogens with zero attached hydrogens (tertiary/aromatic N) is 2. The van der Waals surface area contributed by atoms with E-state index in [0.717, 1.165) is 23.0 Å². The van der Waals surface area contributed by atoms with Gasteiger partial charge < -0.3 is 4.98 Å². The Bertz CT molecular complexity index is 1100. The molecule has 0 atom stereocenters. The average Bonchev–Trinajstić information content (AvgIpc) is 3.13. The Hall–Kier alpha value is -2.55. The highest BCUT2D eigenvalue weighted by Gasteiger charge is 2.29. The van der Waals surface area contributed by atoms with Crippen LogP contribution in [0.5, 0.6) is 0 Å². The van der Waals surface area contributed by atoms with Gasteiger partial charge in [-0.2, -0.15) is 4.31 Å². The summed E-state index contributed by atoms with van der Waals surface area (Å²) in [5, 5.41) is 0.894. The number of aromatic amines is 1. The molecular weight excluding hydrogens is 381 g/mol. The summed E-state index contributed by atoms with van der Waals surface area (Å²) >= 11 is 0. The number of benzene rings is 2. The molecule has 1 aliphatic rings. The van der Waals surface area contributed by atoms with E-state index in [1.54, 1.807) is 6.20 Å². The van der Waals surface area contributed by atoms with Crippen LogP contribution in [0.2, 0.25) is 0 Å². The van der Waals surface area contributed by atoms with Crippen molar-refractivity contribution < 1.29 is 17.6 Å². The van der Waals surface area contributed by atoms with Gasteiger partial charge in [0.2, 0.25) is 10.0 Å². The summed E-state index contributed by atoms with van der Waals surface area (Å²) in [6.45, 7) is 1.76. The van der Waals surface area contributed by atoms with E-state index in [9.17, 15) is 17.6 Å². The third-order valence-electron chi connectivity index (χ3n) is 5.04. The largest absolute Gasteiger partial charge is 0.360 e. The van der Waals surface area contributed by atoms with Gasteiger partial charge in [0.15, 0.2) is 5.78 Å². The Balaban J connectivity index is 1.40. The first-order valence-corrected chi connectivity index (χ1v) is 10.5. The average molecular weight is 401 g/mol. The van der Waals surface area contributed by atoms with E-state index in [-0.39, 0.29) is 17.2 Å². The standard InChI is InChI=1S/C20H20FN3O3S/c21-15-5-7-16(8-6-15)28(26,27)24-11-9-23(10-12-24)14-20(25)18-13-22-19-4-2-1-3-17(18)19/h1-8,13,22H,9-12,14H2. The predicted octanol–water partition coefficient (Wildman–Crippen LogP) is 2.50. The first-order valence-electron chi connectivity index (χ1n) is 9.02. The van der Waals surface area contributed by atoms with Crippen molar-refractivity contribution in [2.75, 3.05) is 32.7 Å². The van der Waals surface area contributed by atoms with Gasteiger partial charge in [0.1, 0.15) is 5.82 Å². The van der Waals surface area contributed by atoms with Crippen LogP contribution in [-0.2, 0) is 10.0 Å². The lowest BCUT2D eigenvalue weighted by Gasteiger charge is -2.33. The van der Waals surface area contributed by atoms with Gasteiger partial charge in [-0.25, -0.2) is 12.8 Å². The molecule has 2 aromatic carbocycles. The number of rotatable bonds is 5. The topological polar surface area (TPSA) is 73.5 Å². The normalized spacial score (nSPS) is 16.5. The Labute approximate surface area is 162 Å². The zero-order valence-corrected chi connectivity index (χ0v) is 16.0. The number of para-hydroxylation sites is 1. The van der Waals surface area contributed by atoms with Crippen LogP contribution in [0.25, 0.3) is 10.9 Å². The number of carbonyl (C=O) groups is 1. The van der Waals surface area contributed by atoms with Crippen LogP contribution >= 0.6 is 0 Å². The monoisotopic (exact) mass is 401 g/mol. The molecule has 1 N–H and O–H groups in total. The Morgan fingerprint density at radius 3 is 2.39 bits per heavy atom.